The predicted octanol–water partition coefficient (Wildman–Crippen LogP) is 3.28. The van der Waals surface area contributed by atoms with Gasteiger partial charge in [0.15, 0.2) is 0 Å². The zero-order valence-corrected chi connectivity index (χ0v) is 14.0. The van der Waals surface area contributed by atoms with Gasteiger partial charge in [-0.25, -0.2) is 4.39 Å². The van der Waals surface area contributed by atoms with Crippen LogP contribution in [0.5, 0.6) is 0 Å². The number of anilines is 1. The minimum Gasteiger partial charge on any atom is -0.368 e. The van der Waals surface area contributed by atoms with E-state index in [1.807, 2.05) is 4.90 Å². The first-order valence-electron chi connectivity index (χ1n) is 8.52. The lowest BCUT2D eigenvalue weighted by Crippen LogP contribution is -2.49. The van der Waals surface area contributed by atoms with E-state index in [9.17, 15) is 9.18 Å². The van der Waals surface area contributed by atoms with Crippen LogP contribution in [0, 0.1) is 5.82 Å². The Morgan fingerprint density at radius 3 is 2.50 bits per heavy atom. The number of carbonyl (C=O) groups excluding carboxylic acids is 1. The molecule has 0 aliphatic carbocycles. The minimum atomic E-state index is -0.290. The lowest BCUT2D eigenvalue weighted by molar-refractivity contribution is -0.130. The molecule has 0 N–H and O–H groups in total. The standard InChI is InChI=1S/C20H23FN2O/c1-2-17-7-3-4-9-19(17)22-10-12-23(13-11-22)20(24)15-16-6-5-8-18(21)14-16/h3-9,14H,2,10-13,15H2,1H3. The van der Waals surface area contributed by atoms with Crippen molar-refractivity contribution < 1.29 is 9.18 Å². The Balaban J connectivity index is 1.59. The molecule has 1 heterocycles. The number of carbonyl (C=O) groups is 1. The monoisotopic (exact) mass is 326 g/mol. The summed E-state index contributed by atoms with van der Waals surface area (Å²) in [4.78, 5) is 16.7. The van der Waals surface area contributed by atoms with Gasteiger partial charge in [0.05, 0.1) is 6.42 Å². The third-order valence-corrected chi connectivity index (χ3v) is 4.59. The van der Waals surface area contributed by atoms with E-state index < -0.39 is 0 Å². The Morgan fingerprint density at radius 1 is 1.04 bits per heavy atom. The average molecular weight is 326 g/mol. The van der Waals surface area contributed by atoms with Crippen LogP contribution >= 0.6 is 0 Å². The van der Waals surface area contributed by atoms with Gasteiger partial charge in [0.25, 0.3) is 0 Å². The fourth-order valence-corrected chi connectivity index (χ4v) is 3.25. The molecule has 0 spiro atoms. The Hall–Kier alpha value is -2.36. The summed E-state index contributed by atoms with van der Waals surface area (Å²) < 4.78 is 13.2. The van der Waals surface area contributed by atoms with Crippen LogP contribution in [0.1, 0.15) is 18.1 Å². The highest BCUT2D eigenvalue weighted by Crippen LogP contribution is 2.22. The Bertz CT molecular complexity index is 708. The normalized spacial score (nSPS) is 14.8. The topological polar surface area (TPSA) is 23.6 Å². The van der Waals surface area contributed by atoms with E-state index in [2.05, 4.69) is 36.1 Å². The molecular formula is C20H23FN2O. The van der Waals surface area contributed by atoms with Crippen molar-refractivity contribution in [2.24, 2.45) is 0 Å². The average Bonchev–Trinajstić information content (AvgIpc) is 2.62. The summed E-state index contributed by atoms with van der Waals surface area (Å²) >= 11 is 0. The first-order chi connectivity index (χ1) is 11.7. The second-order valence-corrected chi connectivity index (χ2v) is 6.16. The number of hydrogen-bond donors (Lipinski definition) is 0. The zero-order chi connectivity index (χ0) is 16.9. The number of nitrogens with zero attached hydrogens (tertiary/aromatic N) is 2. The number of benzene rings is 2. The van der Waals surface area contributed by atoms with Crippen molar-refractivity contribution in [2.45, 2.75) is 19.8 Å². The van der Waals surface area contributed by atoms with Crippen molar-refractivity contribution >= 4 is 11.6 Å². The van der Waals surface area contributed by atoms with Gasteiger partial charge in [-0.3, -0.25) is 4.79 Å². The highest BCUT2D eigenvalue weighted by molar-refractivity contribution is 5.79. The fourth-order valence-electron chi connectivity index (χ4n) is 3.25. The molecule has 24 heavy (non-hydrogen) atoms. The van der Waals surface area contributed by atoms with E-state index in [0.29, 0.717) is 13.1 Å². The molecule has 1 saturated heterocycles. The molecule has 0 saturated carbocycles. The molecule has 0 bridgehead atoms. The number of halogens is 1. The molecule has 3 rings (SSSR count). The van der Waals surface area contributed by atoms with Crippen molar-refractivity contribution in [1.29, 1.82) is 0 Å². The molecular weight excluding hydrogens is 303 g/mol. The maximum absolute atomic E-state index is 13.2. The van der Waals surface area contributed by atoms with Gasteiger partial charge in [0.1, 0.15) is 5.82 Å². The van der Waals surface area contributed by atoms with E-state index in [4.69, 9.17) is 0 Å². The van der Waals surface area contributed by atoms with Crippen molar-refractivity contribution in [3.8, 4) is 0 Å². The quantitative estimate of drug-likeness (QED) is 0.861. The second-order valence-electron chi connectivity index (χ2n) is 6.16. The summed E-state index contributed by atoms with van der Waals surface area (Å²) in [5, 5.41) is 0. The molecule has 0 radical (unpaired) electrons. The van der Waals surface area contributed by atoms with Crippen molar-refractivity contribution in [2.75, 3.05) is 31.1 Å². The molecule has 1 aliphatic heterocycles. The molecule has 1 amide bonds. The molecule has 0 aromatic heterocycles. The summed E-state index contributed by atoms with van der Waals surface area (Å²) in [6.07, 6.45) is 1.28. The maximum atomic E-state index is 13.2. The predicted molar refractivity (Wildman–Crippen MR) is 94.7 cm³/mol. The molecule has 2 aromatic carbocycles. The SMILES string of the molecule is CCc1ccccc1N1CCN(C(=O)Cc2cccc(F)c2)CC1. The van der Waals surface area contributed by atoms with Gasteiger partial charge >= 0.3 is 0 Å². The summed E-state index contributed by atoms with van der Waals surface area (Å²) in [5.41, 5.74) is 3.35. The van der Waals surface area contributed by atoms with Crippen LogP contribution in [0.2, 0.25) is 0 Å². The van der Waals surface area contributed by atoms with E-state index in [1.165, 1.54) is 23.4 Å². The smallest absolute Gasteiger partial charge is 0.227 e. The lowest BCUT2D eigenvalue weighted by Gasteiger charge is -2.37. The number of amides is 1. The molecule has 4 heteroatoms. The number of aryl methyl sites for hydroxylation is 1. The second kappa shape index (κ2) is 7.47. The fraction of sp³-hybridized carbons (Fsp3) is 0.350. The van der Waals surface area contributed by atoms with Crippen LogP contribution in [0.3, 0.4) is 0 Å². The van der Waals surface area contributed by atoms with E-state index in [1.54, 1.807) is 12.1 Å². The highest BCUT2D eigenvalue weighted by atomic mass is 19.1. The molecule has 1 aliphatic rings. The van der Waals surface area contributed by atoms with Crippen LogP contribution < -0.4 is 4.90 Å². The van der Waals surface area contributed by atoms with Gasteiger partial charge in [0.2, 0.25) is 5.91 Å². The first-order valence-corrected chi connectivity index (χ1v) is 8.52. The van der Waals surface area contributed by atoms with Crippen LogP contribution in [0.4, 0.5) is 10.1 Å². The van der Waals surface area contributed by atoms with Gasteiger partial charge in [-0.1, -0.05) is 37.3 Å². The zero-order valence-electron chi connectivity index (χ0n) is 14.0. The van der Waals surface area contributed by atoms with Crippen LogP contribution in [0.25, 0.3) is 0 Å². The number of rotatable bonds is 4. The third-order valence-electron chi connectivity index (χ3n) is 4.59. The number of para-hydroxylation sites is 1. The van der Waals surface area contributed by atoms with E-state index in [-0.39, 0.29) is 18.1 Å². The molecule has 1 fully saturated rings. The number of hydrogen-bond acceptors (Lipinski definition) is 2. The van der Waals surface area contributed by atoms with Gasteiger partial charge in [-0.15, -0.1) is 0 Å². The Morgan fingerprint density at radius 2 is 1.79 bits per heavy atom. The van der Waals surface area contributed by atoms with Gasteiger partial charge in [-0.05, 0) is 35.7 Å². The maximum Gasteiger partial charge on any atom is 0.227 e. The van der Waals surface area contributed by atoms with Gasteiger partial charge in [-0.2, -0.15) is 0 Å². The largest absolute Gasteiger partial charge is 0.368 e. The molecule has 3 nitrogen and oxygen atoms in total. The molecule has 126 valence electrons. The minimum absolute atomic E-state index is 0.0732. The molecule has 2 aromatic rings. The lowest BCUT2D eigenvalue weighted by atomic mass is 10.1. The van der Waals surface area contributed by atoms with Crippen LogP contribution in [0.15, 0.2) is 48.5 Å². The van der Waals surface area contributed by atoms with Gasteiger partial charge in [0, 0.05) is 31.9 Å². The van der Waals surface area contributed by atoms with Crippen molar-refractivity contribution in [3.63, 3.8) is 0 Å². The van der Waals surface area contributed by atoms with Crippen LogP contribution in [-0.4, -0.2) is 37.0 Å². The van der Waals surface area contributed by atoms with Crippen molar-refractivity contribution in [3.05, 3.63) is 65.5 Å². The summed E-state index contributed by atoms with van der Waals surface area (Å²) in [6, 6.07) is 14.7. The third kappa shape index (κ3) is 3.75. The highest BCUT2D eigenvalue weighted by Gasteiger charge is 2.22. The summed E-state index contributed by atoms with van der Waals surface area (Å²) in [6.45, 7) is 5.27. The summed E-state index contributed by atoms with van der Waals surface area (Å²) in [7, 11) is 0. The first kappa shape index (κ1) is 16.5. The summed E-state index contributed by atoms with van der Waals surface area (Å²) in [5.74, 6) is -0.217. The Labute approximate surface area is 142 Å². The Kier molecular flexibility index (Phi) is 5.14. The molecule has 0 unspecified atom stereocenters. The van der Waals surface area contributed by atoms with Crippen LogP contribution in [-0.2, 0) is 17.6 Å². The number of piperazine rings is 1. The van der Waals surface area contributed by atoms with Crippen molar-refractivity contribution in [1.82, 2.24) is 4.90 Å². The van der Waals surface area contributed by atoms with Gasteiger partial charge < -0.3 is 9.80 Å². The van der Waals surface area contributed by atoms with E-state index in [0.717, 1.165) is 25.1 Å². The molecule has 0 atom stereocenters. The van der Waals surface area contributed by atoms with E-state index >= 15 is 0 Å².